The van der Waals surface area contributed by atoms with Gasteiger partial charge >= 0.3 is 0 Å². The summed E-state index contributed by atoms with van der Waals surface area (Å²) in [6.45, 7) is 2.65. The molecule has 0 spiro atoms. The van der Waals surface area contributed by atoms with Crippen LogP contribution < -0.4 is 5.32 Å². The average molecular weight is 242 g/mol. The molecule has 0 fully saturated rings. The second-order valence-corrected chi connectivity index (χ2v) is 4.28. The van der Waals surface area contributed by atoms with Crippen LogP contribution in [-0.2, 0) is 0 Å². The molecule has 1 rings (SSSR count). The first-order valence-electron chi connectivity index (χ1n) is 5.07. The number of rotatable bonds is 4. The Kier molecular flexibility index (Phi) is 4.71. The highest BCUT2D eigenvalue weighted by molar-refractivity contribution is 6.29. The highest BCUT2D eigenvalue weighted by Gasteiger charge is 2.09. The van der Waals surface area contributed by atoms with E-state index in [9.17, 15) is 4.79 Å². The summed E-state index contributed by atoms with van der Waals surface area (Å²) in [7, 11) is 3.95. The lowest BCUT2D eigenvalue weighted by molar-refractivity contribution is 0.0943. The molecule has 0 bridgehead atoms. The summed E-state index contributed by atoms with van der Waals surface area (Å²) in [6.07, 6.45) is 1.47. The minimum Gasteiger partial charge on any atom is -0.350 e. The number of pyridine rings is 1. The summed E-state index contributed by atoms with van der Waals surface area (Å²) in [5.74, 6) is -0.127. The fourth-order valence-corrected chi connectivity index (χ4v) is 1.15. The van der Waals surface area contributed by atoms with E-state index in [4.69, 9.17) is 11.6 Å². The molecule has 1 N–H and O–H groups in total. The van der Waals surface area contributed by atoms with Crippen LogP contribution in [0, 0.1) is 0 Å². The van der Waals surface area contributed by atoms with E-state index in [2.05, 4.69) is 10.3 Å². The minimum absolute atomic E-state index is 0.127. The standard InChI is InChI=1S/C11H16ClN3O/c1-8(15(2)3)6-14-11(16)9-4-5-10(12)13-7-9/h4-5,7-8H,6H2,1-3H3,(H,14,16). The summed E-state index contributed by atoms with van der Waals surface area (Å²) >= 11 is 5.64. The third-order valence-electron chi connectivity index (χ3n) is 2.43. The van der Waals surface area contributed by atoms with Gasteiger partial charge in [-0.1, -0.05) is 11.6 Å². The third kappa shape index (κ3) is 3.79. The number of nitrogens with zero attached hydrogens (tertiary/aromatic N) is 2. The van der Waals surface area contributed by atoms with Gasteiger partial charge in [0, 0.05) is 18.8 Å². The molecule has 5 heteroatoms. The van der Waals surface area contributed by atoms with Gasteiger partial charge in [0.1, 0.15) is 5.15 Å². The van der Waals surface area contributed by atoms with Crippen molar-refractivity contribution < 1.29 is 4.79 Å². The van der Waals surface area contributed by atoms with Gasteiger partial charge in [-0.2, -0.15) is 0 Å². The predicted molar refractivity (Wildman–Crippen MR) is 64.7 cm³/mol. The van der Waals surface area contributed by atoms with Crippen molar-refractivity contribution in [2.45, 2.75) is 13.0 Å². The molecule has 0 aliphatic carbocycles. The van der Waals surface area contributed by atoms with Crippen LogP contribution in [0.3, 0.4) is 0 Å². The Bertz CT molecular complexity index is 351. The lowest BCUT2D eigenvalue weighted by Gasteiger charge is -2.19. The van der Waals surface area contributed by atoms with Crippen molar-refractivity contribution in [3.8, 4) is 0 Å². The Balaban J connectivity index is 2.50. The topological polar surface area (TPSA) is 45.2 Å². The van der Waals surface area contributed by atoms with Gasteiger partial charge in [-0.15, -0.1) is 0 Å². The quantitative estimate of drug-likeness (QED) is 0.811. The van der Waals surface area contributed by atoms with Crippen molar-refractivity contribution in [3.63, 3.8) is 0 Å². The van der Waals surface area contributed by atoms with E-state index in [0.29, 0.717) is 23.3 Å². The van der Waals surface area contributed by atoms with Crippen molar-refractivity contribution in [1.29, 1.82) is 0 Å². The summed E-state index contributed by atoms with van der Waals surface area (Å²) < 4.78 is 0. The monoisotopic (exact) mass is 241 g/mol. The lowest BCUT2D eigenvalue weighted by atomic mass is 10.2. The molecule has 1 amide bonds. The number of amides is 1. The fraction of sp³-hybridized carbons (Fsp3) is 0.455. The Morgan fingerprint density at radius 2 is 2.25 bits per heavy atom. The summed E-state index contributed by atoms with van der Waals surface area (Å²) in [6, 6.07) is 3.56. The Hall–Kier alpha value is -1.13. The number of likely N-dealkylation sites (N-methyl/N-ethyl adjacent to an activating group) is 1. The first-order chi connectivity index (χ1) is 7.50. The second-order valence-electron chi connectivity index (χ2n) is 3.89. The van der Waals surface area contributed by atoms with Crippen molar-refractivity contribution in [2.75, 3.05) is 20.6 Å². The number of nitrogens with one attached hydrogen (secondary N) is 1. The van der Waals surface area contributed by atoms with Crippen LogP contribution in [0.25, 0.3) is 0 Å². The first-order valence-corrected chi connectivity index (χ1v) is 5.44. The normalized spacial score (nSPS) is 12.6. The molecule has 0 saturated carbocycles. The average Bonchev–Trinajstić information content (AvgIpc) is 2.26. The summed E-state index contributed by atoms with van der Waals surface area (Å²) in [5, 5.41) is 3.22. The van der Waals surface area contributed by atoms with Crippen molar-refractivity contribution >= 4 is 17.5 Å². The maximum atomic E-state index is 11.7. The van der Waals surface area contributed by atoms with Gasteiger partial charge in [-0.05, 0) is 33.2 Å². The molecule has 0 radical (unpaired) electrons. The molecule has 1 aromatic rings. The molecule has 4 nitrogen and oxygen atoms in total. The maximum absolute atomic E-state index is 11.7. The van der Waals surface area contributed by atoms with E-state index in [-0.39, 0.29) is 5.91 Å². The number of hydrogen-bond donors (Lipinski definition) is 1. The van der Waals surface area contributed by atoms with Crippen molar-refractivity contribution in [1.82, 2.24) is 15.2 Å². The van der Waals surface area contributed by atoms with Gasteiger partial charge in [-0.3, -0.25) is 4.79 Å². The van der Waals surface area contributed by atoms with Gasteiger partial charge < -0.3 is 10.2 Å². The van der Waals surface area contributed by atoms with Crippen LogP contribution in [0.2, 0.25) is 5.15 Å². The highest BCUT2D eigenvalue weighted by Crippen LogP contribution is 2.05. The number of carbonyl (C=O) groups excluding carboxylic acids is 1. The Morgan fingerprint density at radius 3 is 2.75 bits per heavy atom. The van der Waals surface area contributed by atoms with Crippen molar-refractivity contribution in [3.05, 3.63) is 29.0 Å². The van der Waals surface area contributed by atoms with E-state index in [1.54, 1.807) is 12.1 Å². The number of hydrogen-bond acceptors (Lipinski definition) is 3. The first kappa shape index (κ1) is 12.9. The molecule has 0 aromatic carbocycles. The SMILES string of the molecule is CC(CNC(=O)c1ccc(Cl)nc1)N(C)C. The van der Waals surface area contributed by atoms with E-state index in [0.717, 1.165) is 0 Å². The van der Waals surface area contributed by atoms with E-state index in [1.165, 1.54) is 6.20 Å². The fourth-order valence-electron chi connectivity index (χ4n) is 1.04. The van der Waals surface area contributed by atoms with Crippen LogP contribution in [0.5, 0.6) is 0 Å². The maximum Gasteiger partial charge on any atom is 0.252 e. The zero-order chi connectivity index (χ0) is 12.1. The van der Waals surface area contributed by atoms with Gasteiger partial charge in [0.25, 0.3) is 5.91 Å². The van der Waals surface area contributed by atoms with Gasteiger partial charge in [0.05, 0.1) is 5.56 Å². The number of carbonyl (C=O) groups is 1. The van der Waals surface area contributed by atoms with Gasteiger partial charge in [-0.25, -0.2) is 4.98 Å². The number of halogens is 1. The zero-order valence-electron chi connectivity index (χ0n) is 9.70. The summed E-state index contributed by atoms with van der Waals surface area (Å²) in [5.41, 5.74) is 0.523. The predicted octanol–water partition coefficient (Wildman–Crippen LogP) is 1.41. The highest BCUT2D eigenvalue weighted by atomic mass is 35.5. The largest absolute Gasteiger partial charge is 0.350 e. The van der Waals surface area contributed by atoms with Crippen molar-refractivity contribution in [2.24, 2.45) is 0 Å². The third-order valence-corrected chi connectivity index (χ3v) is 2.65. The molecule has 1 heterocycles. The molecule has 88 valence electrons. The smallest absolute Gasteiger partial charge is 0.252 e. The number of aromatic nitrogens is 1. The Labute approximate surface area is 101 Å². The van der Waals surface area contributed by atoms with Crippen LogP contribution >= 0.6 is 11.6 Å². The minimum atomic E-state index is -0.127. The lowest BCUT2D eigenvalue weighted by Crippen LogP contribution is -2.38. The van der Waals surface area contributed by atoms with Gasteiger partial charge in [0.2, 0.25) is 0 Å². The summed E-state index contributed by atoms with van der Waals surface area (Å²) in [4.78, 5) is 17.6. The van der Waals surface area contributed by atoms with Crippen LogP contribution in [-0.4, -0.2) is 42.5 Å². The van der Waals surface area contributed by atoms with Crippen LogP contribution in [0.15, 0.2) is 18.3 Å². The second kappa shape index (κ2) is 5.82. The van der Waals surface area contributed by atoms with Crippen LogP contribution in [0.1, 0.15) is 17.3 Å². The molecular weight excluding hydrogens is 226 g/mol. The molecule has 16 heavy (non-hydrogen) atoms. The zero-order valence-corrected chi connectivity index (χ0v) is 10.5. The molecular formula is C11H16ClN3O. The molecule has 0 aliphatic rings. The molecule has 1 aromatic heterocycles. The molecule has 1 unspecified atom stereocenters. The Morgan fingerprint density at radius 1 is 1.56 bits per heavy atom. The van der Waals surface area contributed by atoms with E-state index < -0.39 is 0 Å². The molecule has 1 atom stereocenters. The molecule has 0 aliphatic heterocycles. The van der Waals surface area contributed by atoms with Gasteiger partial charge in [0.15, 0.2) is 0 Å². The van der Waals surface area contributed by atoms with Crippen LogP contribution in [0.4, 0.5) is 0 Å². The molecule has 0 saturated heterocycles. The van der Waals surface area contributed by atoms with E-state index in [1.807, 2.05) is 25.9 Å². The van der Waals surface area contributed by atoms with E-state index >= 15 is 0 Å².